The van der Waals surface area contributed by atoms with Crippen LogP contribution in [-0.4, -0.2) is 5.78 Å². The van der Waals surface area contributed by atoms with Crippen LogP contribution >= 0.6 is 0 Å². The fourth-order valence-electron chi connectivity index (χ4n) is 1.31. The molecule has 0 aliphatic heterocycles. The Balaban J connectivity index is 2.38. The van der Waals surface area contributed by atoms with Gasteiger partial charge in [0.25, 0.3) is 0 Å². The lowest BCUT2D eigenvalue weighted by molar-refractivity contribution is 0.101. The quantitative estimate of drug-likeness (QED) is 0.684. The summed E-state index contributed by atoms with van der Waals surface area (Å²) in [5.74, 6) is 1.56. The van der Waals surface area contributed by atoms with Crippen LogP contribution in [0.5, 0.6) is 0 Å². The summed E-state index contributed by atoms with van der Waals surface area (Å²) >= 11 is 0. The molecule has 0 amide bonds. The zero-order valence-corrected chi connectivity index (χ0v) is 8.03. The second kappa shape index (κ2) is 3.18. The van der Waals surface area contributed by atoms with Crippen molar-refractivity contribution in [3.8, 4) is 0 Å². The number of carbonyl (C=O) groups excluding carboxylic acids is 1. The third kappa shape index (κ3) is 1.37. The van der Waals surface area contributed by atoms with Crippen molar-refractivity contribution in [2.75, 3.05) is 0 Å². The van der Waals surface area contributed by atoms with Crippen LogP contribution in [0.2, 0.25) is 0 Å². The molecule has 0 aliphatic rings. The van der Waals surface area contributed by atoms with Crippen LogP contribution in [0, 0.1) is 13.8 Å². The normalized spacial score (nSPS) is 10.4. The van der Waals surface area contributed by atoms with Crippen LogP contribution in [0.1, 0.15) is 27.6 Å². The van der Waals surface area contributed by atoms with E-state index in [1.165, 1.54) is 6.26 Å². The van der Waals surface area contributed by atoms with Gasteiger partial charge >= 0.3 is 0 Å². The lowest BCUT2D eigenvalue weighted by Gasteiger charge is -1.93. The molecular weight excluding hydrogens is 180 g/mol. The van der Waals surface area contributed by atoms with Crippen LogP contribution in [0.25, 0.3) is 0 Å². The number of furan rings is 2. The van der Waals surface area contributed by atoms with Gasteiger partial charge in [-0.3, -0.25) is 4.79 Å². The summed E-state index contributed by atoms with van der Waals surface area (Å²) in [5.41, 5.74) is 0.555. The van der Waals surface area contributed by atoms with Crippen molar-refractivity contribution in [3.05, 3.63) is 47.3 Å². The maximum Gasteiger partial charge on any atom is 0.231 e. The van der Waals surface area contributed by atoms with Crippen molar-refractivity contribution in [3.63, 3.8) is 0 Å². The van der Waals surface area contributed by atoms with Crippen LogP contribution < -0.4 is 0 Å². The van der Waals surface area contributed by atoms with E-state index in [-0.39, 0.29) is 5.78 Å². The predicted molar refractivity (Wildman–Crippen MR) is 50.3 cm³/mol. The summed E-state index contributed by atoms with van der Waals surface area (Å²) in [6.07, 6.45) is 1.50. The molecule has 0 spiro atoms. The largest absolute Gasteiger partial charge is 0.469 e. The highest BCUT2D eigenvalue weighted by molar-refractivity contribution is 6.07. The topological polar surface area (TPSA) is 43.4 Å². The smallest absolute Gasteiger partial charge is 0.231 e. The lowest BCUT2D eigenvalue weighted by Crippen LogP contribution is -1.99. The second-order valence-corrected chi connectivity index (χ2v) is 3.13. The summed E-state index contributed by atoms with van der Waals surface area (Å²) in [6, 6.07) is 5.09. The van der Waals surface area contributed by atoms with Crippen LogP contribution in [0.3, 0.4) is 0 Å². The van der Waals surface area contributed by atoms with Gasteiger partial charge in [0.1, 0.15) is 11.5 Å². The summed E-state index contributed by atoms with van der Waals surface area (Å²) in [5, 5.41) is 0. The molecule has 0 atom stereocenters. The van der Waals surface area contributed by atoms with E-state index < -0.39 is 0 Å². The Bertz CT molecular complexity index is 462. The van der Waals surface area contributed by atoms with Crippen LogP contribution in [0.15, 0.2) is 33.3 Å². The highest BCUT2D eigenvalue weighted by atomic mass is 16.3. The molecule has 0 saturated heterocycles. The van der Waals surface area contributed by atoms with Gasteiger partial charge < -0.3 is 8.83 Å². The van der Waals surface area contributed by atoms with E-state index in [0.717, 1.165) is 5.76 Å². The molecule has 2 rings (SSSR count). The third-order valence-electron chi connectivity index (χ3n) is 2.07. The monoisotopic (exact) mass is 190 g/mol. The first-order chi connectivity index (χ1) is 6.68. The fraction of sp³-hybridized carbons (Fsp3) is 0.182. The zero-order chi connectivity index (χ0) is 10.1. The molecule has 0 aromatic carbocycles. The Hall–Kier alpha value is -1.77. The molecule has 0 N–H and O–H groups in total. The fourth-order valence-corrected chi connectivity index (χ4v) is 1.31. The average Bonchev–Trinajstić information content (AvgIpc) is 2.73. The number of carbonyl (C=O) groups is 1. The van der Waals surface area contributed by atoms with Gasteiger partial charge in [-0.2, -0.15) is 0 Å². The first-order valence-electron chi connectivity index (χ1n) is 4.33. The zero-order valence-electron chi connectivity index (χ0n) is 8.03. The van der Waals surface area contributed by atoms with E-state index in [9.17, 15) is 4.79 Å². The van der Waals surface area contributed by atoms with E-state index in [4.69, 9.17) is 8.83 Å². The molecule has 0 aliphatic carbocycles. The van der Waals surface area contributed by atoms with Crippen molar-refractivity contribution < 1.29 is 13.6 Å². The van der Waals surface area contributed by atoms with Gasteiger partial charge in [-0.15, -0.1) is 0 Å². The number of ketones is 1. The number of aryl methyl sites for hydroxylation is 2. The van der Waals surface area contributed by atoms with Gasteiger partial charge in [-0.05, 0) is 32.0 Å². The van der Waals surface area contributed by atoms with Crippen molar-refractivity contribution >= 4 is 5.78 Å². The van der Waals surface area contributed by atoms with E-state index in [0.29, 0.717) is 17.1 Å². The molecule has 0 fully saturated rings. The van der Waals surface area contributed by atoms with E-state index >= 15 is 0 Å². The second-order valence-electron chi connectivity index (χ2n) is 3.13. The Morgan fingerprint density at radius 1 is 1.21 bits per heavy atom. The molecule has 2 aromatic heterocycles. The Kier molecular flexibility index (Phi) is 2.00. The Morgan fingerprint density at radius 2 is 2.00 bits per heavy atom. The Labute approximate surface area is 81.3 Å². The SMILES string of the molecule is Cc1ccc(C(=O)c2ccoc2C)o1. The summed E-state index contributed by atoms with van der Waals surface area (Å²) in [7, 11) is 0. The number of hydrogen-bond acceptors (Lipinski definition) is 3. The molecule has 0 saturated carbocycles. The lowest BCUT2D eigenvalue weighted by atomic mass is 10.1. The molecule has 0 radical (unpaired) electrons. The molecule has 2 heterocycles. The minimum Gasteiger partial charge on any atom is -0.469 e. The number of rotatable bonds is 2. The van der Waals surface area contributed by atoms with Gasteiger partial charge in [0.2, 0.25) is 5.78 Å². The van der Waals surface area contributed by atoms with E-state index in [2.05, 4.69) is 0 Å². The maximum atomic E-state index is 11.8. The van der Waals surface area contributed by atoms with E-state index in [1.807, 2.05) is 0 Å². The standard InChI is InChI=1S/C11H10O3/c1-7-3-4-10(14-7)11(12)9-5-6-13-8(9)2/h3-6H,1-2H3. The van der Waals surface area contributed by atoms with Crippen molar-refractivity contribution in [1.82, 2.24) is 0 Å². The highest BCUT2D eigenvalue weighted by Crippen LogP contribution is 2.16. The molecular formula is C11H10O3. The first-order valence-corrected chi connectivity index (χ1v) is 4.33. The minimum atomic E-state index is -0.135. The van der Waals surface area contributed by atoms with Gasteiger partial charge in [0, 0.05) is 0 Å². The van der Waals surface area contributed by atoms with Gasteiger partial charge in [-0.1, -0.05) is 0 Å². The predicted octanol–water partition coefficient (Wildman–Crippen LogP) is 2.72. The van der Waals surface area contributed by atoms with E-state index in [1.54, 1.807) is 32.0 Å². The highest BCUT2D eigenvalue weighted by Gasteiger charge is 2.16. The summed E-state index contributed by atoms with van der Waals surface area (Å²) in [6.45, 7) is 3.56. The summed E-state index contributed by atoms with van der Waals surface area (Å²) in [4.78, 5) is 11.8. The first kappa shape index (κ1) is 8.81. The van der Waals surface area contributed by atoms with Crippen LogP contribution in [0.4, 0.5) is 0 Å². The Morgan fingerprint density at radius 3 is 2.50 bits per heavy atom. The average molecular weight is 190 g/mol. The molecule has 0 bridgehead atoms. The summed E-state index contributed by atoms with van der Waals surface area (Å²) < 4.78 is 10.3. The number of hydrogen-bond donors (Lipinski definition) is 0. The van der Waals surface area contributed by atoms with Crippen molar-refractivity contribution in [1.29, 1.82) is 0 Å². The molecule has 0 unspecified atom stereocenters. The minimum absolute atomic E-state index is 0.135. The molecule has 72 valence electrons. The van der Waals surface area contributed by atoms with Crippen molar-refractivity contribution in [2.45, 2.75) is 13.8 Å². The molecule has 2 aromatic rings. The van der Waals surface area contributed by atoms with Crippen LogP contribution in [-0.2, 0) is 0 Å². The maximum absolute atomic E-state index is 11.8. The van der Waals surface area contributed by atoms with Gasteiger partial charge in [0.15, 0.2) is 5.76 Å². The van der Waals surface area contributed by atoms with Gasteiger partial charge in [0.05, 0.1) is 11.8 Å². The van der Waals surface area contributed by atoms with Crippen molar-refractivity contribution in [2.24, 2.45) is 0 Å². The molecule has 14 heavy (non-hydrogen) atoms. The third-order valence-corrected chi connectivity index (χ3v) is 2.07. The van der Waals surface area contributed by atoms with Gasteiger partial charge in [-0.25, -0.2) is 0 Å². The molecule has 3 nitrogen and oxygen atoms in total. The molecule has 3 heteroatoms.